The number of aromatic nitrogens is 1. The van der Waals surface area contributed by atoms with Crippen LogP contribution in [-0.4, -0.2) is 43.5 Å². The molecular formula is C15H25N3O2S. The molecule has 1 fully saturated rings. The van der Waals surface area contributed by atoms with Gasteiger partial charge in [0.15, 0.2) is 9.84 Å². The van der Waals surface area contributed by atoms with Crippen LogP contribution >= 0.6 is 0 Å². The van der Waals surface area contributed by atoms with Gasteiger partial charge < -0.3 is 10.2 Å². The quantitative estimate of drug-likeness (QED) is 0.915. The summed E-state index contributed by atoms with van der Waals surface area (Å²) in [5, 5.41) is 3.41. The molecule has 1 aromatic heterocycles. The molecule has 0 saturated carbocycles. The Balaban J connectivity index is 2.06. The van der Waals surface area contributed by atoms with Crippen LogP contribution in [-0.2, 0) is 16.4 Å². The van der Waals surface area contributed by atoms with E-state index in [1.165, 1.54) is 0 Å². The van der Waals surface area contributed by atoms with Gasteiger partial charge in [-0.05, 0) is 39.3 Å². The number of hydrogen-bond acceptors (Lipinski definition) is 5. The first-order valence-corrected chi connectivity index (χ1v) is 9.13. The van der Waals surface area contributed by atoms with Gasteiger partial charge in [0.2, 0.25) is 0 Å². The first-order chi connectivity index (χ1) is 9.66. The van der Waals surface area contributed by atoms with Gasteiger partial charge in [0.1, 0.15) is 5.82 Å². The summed E-state index contributed by atoms with van der Waals surface area (Å²) >= 11 is 0. The van der Waals surface area contributed by atoms with Gasteiger partial charge in [-0.3, -0.25) is 0 Å². The van der Waals surface area contributed by atoms with E-state index in [4.69, 9.17) is 0 Å². The highest BCUT2D eigenvalue weighted by Gasteiger charge is 2.31. The average molecular weight is 311 g/mol. The van der Waals surface area contributed by atoms with E-state index in [2.05, 4.69) is 31.1 Å². The molecular weight excluding hydrogens is 286 g/mol. The van der Waals surface area contributed by atoms with Crippen molar-refractivity contribution in [3.05, 3.63) is 23.9 Å². The lowest BCUT2D eigenvalue weighted by molar-refractivity contribution is 0.421. The van der Waals surface area contributed by atoms with Crippen molar-refractivity contribution in [2.45, 2.75) is 45.3 Å². The van der Waals surface area contributed by atoms with Crippen LogP contribution in [0.15, 0.2) is 18.2 Å². The van der Waals surface area contributed by atoms with Crippen molar-refractivity contribution in [1.29, 1.82) is 0 Å². The fourth-order valence-electron chi connectivity index (χ4n) is 2.39. The molecule has 1 saturated heterocycles. The van der Waals surface area contributed by atoms with Crippen LogP contribution in [0.25, 0.3) is 0 Å². The van der Waals surface area contributed by atoms with Crippen molar-refractivity contribution in [3.63, 3.8) is 0 Å². The van der Waals surface area contributed by atoms with E-state index < -0.39 is 9.84 Å². The molecule has 0 aromatic carbocycles. The molecule has 1 aromatic rings. The van der Waals surface area contributed by atoms with Gasteiger partial charge in [0.05, 0.1) is 17.2 Å². The number of pyridine rings is 1. The molecule has 0 amide bonds. The molecule has 1 aliphatic rings. The monoisotopic (exact) mass is 311 g/mol. The summed E-state index contributed by atoms with van der Waals surface area (Å²) in [6, 6.07) is 5.93. The van der Waals surface area contributed by atoms with E-state index >= 15 is 0 Å². The zero-order chi connectivity index (χ0) is 15.7. The highest BCUT2D eigenvalue weighted by Crippen LogP contribution is 2.21. The van der Waals surface area contributed by atoms with Crippen molar-refractivity contribution in [2.75, 3.05) is 23.5 Å². The summed E-state index contributed by atoms with van der Waals surface area (Å²) in [5.41, 5.74) is 1.01. The number of sulfone groups is 1. The summed E-state index contributed by atoms with van der Waals surface area (Å²) in [6.07, 6.45) is 0.685. The van der Waals surface area contributed by atoms with Gasteiger partial charge in [-0.25, -0.2) is 13.4 Å². The molecule has 21 heavy (non-hydrogen) atoms. The second-order valence-corrected chi connectivity index (χ2v) is 8.99. The van der Waals surface area contributed by atoms with Crippen molar-refractivity contribution in [1.82, 2.24) is 10.3 Å². The Morgan fingerprint density at radius 2 is 2.10 bits per heavy atom. The fraction of sp³-hybridized carbons (Fsp3) is 0.667. The van der Waals surface area contributed by atoms with E-state index in [1.807, 2.05) is 30.1 Å². The second kappa shape index (κ2) is 5.93. The minimum Gasteiger partial charge on any atom is -0.356 e. The third kappa shape index (κ3) is 4.68. The predicted molar refractivity (Wildman–Crippen MR) is 86.3 cm³/mol. The minimum atomic E-state index is -2.87. The maximum atomic E-state index is 11.6. The van der Waals surface area contributed by atoms with Crippen LogP contribution in [0.2, 0.25) is 0 Å². The summed E-state index contributed by atoms with van der Waals surface area (Å²) in [7, 11) is -0.945. The molecule has 1 N–H and O–H groups in total. The van der Waals surface area contributed by atoms with Crippen LogP contribution in [0, 0.1) is 0 Å². The van der Waals surface area contributed by atoms with Crippen LogP contribution in [0.4, 0.5) is 5.82 Å². The lowest BCUT2D eigenvalue weighted by atomic mass is 10.1. The zero-order valence-corrected chi connectivity index (χ0v) is 14.1. The van der Waals surface area contributed by atoms with E-state index in [-0.39, 0.29) is 23.1 Å². The average Bonchev–Trinajstić information content (AvgIpc) is 2.75. The number of rotatable bonds is 4. The van der Waals surface area contributed by atoms with E-state index in [0.29, 0.717) is 13.0 Å². The Morgan fingerprint density at radius 1 is 1.38 bits per heavy atom. The van der Waals surface area contributed by atoms with E-state index in [9.17, 15) is 8.42 Å². The SMILES string of the molecule is CN(c1cccc(CNC(C)(C)C)n1)C1CCS(=O)(=O)C1. The third-order valence-electron chi connectivity index (χ3n) is 3.71. The molecule has 5 nitrogen and oxygen atoms in total. The summed E-state index contributed by atoms with van der Waals surface area (Å²) in [6.45, 7) is 7.05. The van der Waals surface area contributed by atoms with Crippen molar-refractivity contribution >= 4 is 15.7 Å². The number of hydrogen-bond donors (Lipinski definition) is 1. The normalized spacial score (nSPS) is 21.4. The Labute approximate surface area is 127 Å². The maximum Gasteiger partial charge on any atom is 0.152 e. The highest BCUT2D eigenvalue weighted by atomic mass is 32.2. The van der Waals surface area contributed by atoms with Crippen LogP contribution in [0.1, 0.15) is 32.9 Å². The predicted octanol–water partition coefficient (Wildman–Crippen LogP) is 1.59. The lowest BCUT2D eigenvalue weighted by Crippen LogP contribution is -2.36. The molecule has 1 unspecified atom stereocenters. The molecule has 118 valence electrons. The minimum absolute atomic E-state index is 0.0355. The van der Waals surface area contributed by atoms with Gasteiger partial charge in [-0.2, -0.15) is 0 Å². The van der Waals surface area contributed by atoms with Crippen LogP contribution < -0.4 is 10.2 Å². The Bertz CT molecular complexity index is 593. The van der Waals surface area contributed by atoms with Crippen molar-refractivity contribution in [3.8, 4) is 0 Å². The molecule has 1 atom stereocenters. The van der Waals surface area contributed by atoms with Crippen molar-refractivity contribution in [2.24, 2.45) is 0 Å². The first-order valence-electron chi connectivity index (χ1n) is 7.30. The van der Waals surface area contributed by atoms with Crippen molar-refractivity contribution < 1.29 is 8.42 Å². The van der Waals surface area contributed by atoms with E-state index in [1.54, 1.807) is 0 Å². The lowest BCUT2D eigenvalue weighted by Gasteiger charge is -2.25. The maximum absolute atomic E-state index is 11.6. The third-order valence-corrected chi connectivity index (χ3v) is 5.46. The fourth-order valence-corrected chi connectivity index (χ4v) is 4.16. The van der Waals surface area contributed by atoms with E-state index in [0.717, 1.165) is 11.5 Å². The summed E-state index contributed by atoms with van der Waals surface area (Å²) in [4.78, 5) is 6.63. The molecule has 1 aliphatic heterocycles. The smallest absolute Gasteiger partial charge is 0.152 e. The number of nitrogens with zero attached hydrogens (tertiary/aromatic N) is 2. The topological polar surface area (TPSA) is 62.3 Å². The Hall–Kier alpha value is -1.14. The molecule has 6 heteroatoms. The first kappa shape index (κ1) is 16.2. The van der Waals surface area contributed by atoms with Gasteiger partial charge in [0.25, 0.3) is 0 Å². The number of anilines is 1. The zero-order valence-electron chi connectivity index (χ0n) is 13.3. The molecule has 2 heterocycles. The van der Waals surface area contributed by atoms with Gasteiger partial charge >= 0.3 is 0 Å². The standard InChI is InChI=1S/C15H25N3O2S/c1-15(2,3)16-10-12-6-5-7-14(17-12)18(4)13-8-9-21(19,20)11-13/h5-7,13,16H,8-11H2,1-4H3. The van der Waals surface area contributed by atoms with Crippen LogP contribution in [0.3, 0.4) is 0 Å². The number of nitrogens with one attached hydrogen (secondary N) is 1. The molecule has 0 spiro atoms. The largest absolute Gasteiger partial charge is 0.356 e. The van der Waals surface area contributed by atoms with Gasteiger partial charge in [0, 0.05) is 25.2 Å². The molecule has 0 aliphatic carbocycles. The highest BCUT2D eigenvalue weighted by molar-refractivity contribution is 7.91. The molecule has 2 rings (SSSR count). The van der Waals surface area contributed by atoms with Gasteiger partial charge in [-0.15, -0.1) is 0 Å². The second-order valence-electron chi connectivity index (χ2n) is 6.76. The van der Waals surface area contributed by atoms with Crippen LogP contribution in [0.5, 0.6) is 0 Å². The molecule has 0 bridgehead atoms. The summed E-state index contributed by atoms with van der Waals surface area (Å²) < 4.78 is 23.2. The molecule has 0 radical (unpaired) electrons. The Morgan fingerprint density at radius 3 is 2.67 bits per heavy atom. The van der Waals surface area contributed by atoms with Gasteiger partial charge in [-0.1, -0.05) is 6.07 Å². The Kier molecular flexibility index (Phi) is 4.58. The summed E-state index contributed by atoms with van der Waals surface area (Å²) in [5.74, 6) is 1.36.